The van der Waals surface area contributed by atoms with Crippen molar-refractivity contribution < 1.29 is 19.4 Å². The molecule has 3 aliphatic carbocycles. The number of allylic oxidation sites excluding steroid dienone is 2. The van der Waals surface area contributed by atoms with Gasteiger partial charge in [-0.05, 0) is 54.8 Å². The second kappa shape index (κ2) is 6.30. The maximum Gasteiger partial charge on any atom is 0.227 e. The van der Waals surface area contributed by atoms with E-state index in [0.717, 1.165) is 12.5 Å². The van der Waals surface area contributed by atoms with E-state index in [9.17, 15) is 14.7 Å². The van der Waals surface area contributed by atoms with E-state index < -0.39 is 5.78 Å². The van der Waals surface area contributed by atoms with E-state index in [0.29, 0.717) is 23.7 Å². The molecule has 2 fully saturated rings. The van der Waals surface area contributed by atoms with Crippen LogP contribution in [0.25, 0.3) is 0 Å². The summed E-state index contributed by atoms with van der Waals surface area (Å²) in [6.45, 7) is 6.91. The molecule has 0 aliphatic heterocycles. The molecule has 4 unspecified atom stereocenters. The Morgan fingerprint density at radius 1 is 1.20 bits per heavy atom. The van der Waals surface area contributed by atoms with Crippen molar-refractivity contribution in [2.75, 3.05) is 7.11 Å². The predicted molar refractivity (Wildman–Crippen MR) is 95.9 cm³/mol. The third-order valence-electron chi connectivity index (χ3n) is 7.46. The van der Waals surface area contributed by atoms with Crippen LogP contribution < -0.4 is 0 Å². The average Bonchev–Trinajstić information content (AvgIpc) is 2.59. The number of Topliss-reactive ketones (excluding diaryl/α,β-unsaturated/α-hetero) is 1. The first-order valence-corrected chi connectivity index (χ1v) is 9.50. The number of ether oxygens (including phenoxy) is 1. The van der Waals surface area contributed by atoms with E-state index in [4.69, 9.17) is 4.74 Å². The summed E-state index contributed by atoms with van der Waals surface area (Å²) < 4.78 is 5.07. The molecule has 0 aromatic heterocycles. The zero-order chi connectivity index (χ0) is 18.4. The summed E-state index contributed by atoms with van der Waals surface area (Å²) >= 11 is 0. The summed E-state index contributed by atoms with van der Waals surface area (Å²) in [6.07, 6.45) is 8.82. The van der Waals surface area contributed by atoms with Gasteiger partial charge in [-0.3, -0.25) is 9.59 Å². The highest BCUT2D eigenvalue weighted by atomic mass is 16.5. The number of hydrogen-bond acceptors (Lipinski definition) is 4. The number of carbonyl (C=O) groups is 2. The molecule has 0 radical (unpaired) electrons. The van der Waals surface area contributed by atoms with E-state index in [1.54, 1.807) is 0 Å². The van der Waals surface area contributed by atoms with Crippen LogP contribution in [0.4, 0.5) is 0 Å². The minimum Gasteiger partial charge on any atom is -0.504 e. The number of aliphatic hydroxyl groups excluding tert-OH is 1. The van der Waals surface area contributed by atoms with Crippen molar-refractivity contribution in [2.24, 2.45) is 22.7 Å². The van der Waals surface area contributed by atoms with Crippen LogP contribution in [-0.4, -0.2) is 23.8 Å². The average molecular weight is 346 g/mol. The fourth-order valence-electron chi connectivity index (χ4n) is 5.70. The van der Waals surface area contributed by atoms with Crippen LogP contribution >= 0.6 is 0 Å². The van der Waals surface area contributed by atoms with Gasteiger partial charge in [0, 0.05) is 11.6 Å². The maximum absolute atomic E-state index is 12.7. The summed E-state index contributed by atoms with van der Waals surface area (Å²) in [6, 6.07) is 0. The highest BCUT2D eigenvalue weighted by molar-refractivity contribution is 6.20. The first kappa shape index (κ1) is 18.2. The molecular formula is C21H30O4. The smallest absolute Gasteiger partial charge is 0.227 e. The van der Waals surface area contributed by atoms with Crippen LogP contribution in [0.2, 0.25) is 0 Å². The molecule has 4 nitrogen and oxygen atoms in total. The van der Waals surface area contributed by atoms with Crippen molar-refractivity contribution in [3.05, 3.63) is 23.2 Å². The van der Waals surface area contributed by atoms with Gasteiger partial charge >= 0.3 is 0 Å². The molecule has 0 aromatic carbocycles. The Hall–Kier alpha value is -1.58. The number of rotatable bonds is 3. The van der Waals surface area contributed by atoms with Crippen molar-refractivity contribution in [1.82, 2.24) is 0 Å². The summed E-state index contributed by atoms with van der Waals surface area (Å²) in [5.41, 5.74) is 0.453. The summed E-state index contributed by atoms with van der Waals surface area (Å²) in [7, 11) is 1.39. The van der Waals surface area contributed by atoms with Crippen LogP contribution in [0, 0.1) is 22.7 Å². The summed E-state index contributed by atoms with van der Waals surface area (Å²) in [5, 5.41) is 10.3. The number of aliphatic hydroxyl groups is 1. The van der Waals surface area contributed by atoms with Gasteiger partial charge in [0.05, 0.1) is 7.11 Å². The molecule has 2 saturated carbocycles. The zero-order valence-electron chi connectivity index (χ0n) is 15.9. The lowest BCUT2D eigenvalue weighted by Gasteiger charge is -2.58. The molecule has 25 heavy (non-hydrogen) atoms. The van der Waals surface area contributed by atoms with Crippen molar-refractivity contribution in [3.63, 3.8) is 0 Å². The zero-order valence-corrected chi connectivity index (χ0v) is 15.9. The lowest BCUT2D eigenvalue weighted by Crippen LogP contribution is -2.50. The van der Waals surface area contributed by atoms with E-state index in [1.165, 1.54) is 39.2 Å². The van der Waals surface area contributed by atoms with Crippen molar-refractivity contribution in [1.29, 1.82) is 0 Å². The molecule has 0 heterocycles. The van der Waals surface area contributed by atoms with Crippen LogP contribution in [0.1, 0.15) is 65.7 Å². The van der Waals surface area contributed by atoms with Crippen LogP contribution in [0.3, 0.4) is 0 Å². The first-order valence-electron chi connectivity index (χ1n) is 9.50. The third-order valence-corrected chi connectivity index (χ3v) is 7.46. The molecule has 0 aromatic rings. The van der Waals surface area contributed by atoms with Crippen molar-refractivity contribution in [3.8, 4) is 0 Å². The molecule has 3 rings (SSSR count). The second-order valence-electron chi connectivity index (χ2n) is 8.81. The largest absolute Gasteiger partial charge is 0.504 e. The Morgan fingerprint density at radius 2 is 1.92 bits per heavy atom. The fraction of sp³-hybridized carbons (Fsp3) is 0.714. The Labute approximate surface area is 150 Å². The second-order valence-corrected chi connectivity index (χ2v) is 8.81. The molecule has 4 heteroatoms. The normalized spacial score (nSPS) is 39.1. The lowest BCUT2D eigenvalue weighted by atomic mass is 9.47. The molecule has 0 spiro atoms. The molecular weight excluding hydrogens is 316 g/mol. The highest BCUT2D eigenvalue weighted by Crippen LogP contribution is 2.61. The summed E-state index contributed by atoms with van der Waals surface area (Å²) in [4.78, 5) is 24.8. The van der Waals surface area contributed by atoms with Gasteiger partial charge in [-0.1, -0.05) is 33.6 Å². The van der Waals surface area contributed by atoms with Gasteiger partial charge in [0.1, 0.15) is 0 Å². The quantitative estimate of drug-likeness (QED) is 0.764. The number of fused-ring (bicyclic) bond motifs is 1. The number of methoxy groups -OCH3 is 1. The molecule has 1 N–H and O–H groups in total. The van der Waals surface area contributed by atoms with Gasteiger partial charge in [-0.15, -0.1) is 0 Å². The Bertz CT molecular complexity index is 659. The van der Waals surface area contributed by atoms with Gasteiger partial charge < -0.3 is 9.84 Å². The van der Waals surface area contributed by atoms with E-state index in [-0.39, 0.29) is 28.3 Å². The van der Waals surface area contributed by atoms with E-state index in [1.807, 2.05) is 0 Å². The Morgan fingerprint density at radius 3 is 2.60 bits per heavy atom. The summed E-state index contributed by atoms with van der Waals surface area (Å²) in [5.74, 6) is -0.249. The standard InChI is InChI=1S/C21H30O4/c1-13-8-10-20(2)9-6-5-7-17(20)21(13,3)12-14-18(23)15(22)11-16(25-4)19(14)24/h11,13,17,23H,5-10,12H2,1-4H3. The lowest BCUT2D eigenvalue weighted by molar-refractivity contribution is -0.121. The number of ketones is 2. The maximum atomic E-state index is 12.7. The molecule has 0 saturated heterocycles. The number of carbonyl (C=O) groups excluding carboxylic acids is 2. The highest BCUT2D eigenvalue weighted by Gasteiger charge is 2.53. The third kappa shape index (κ3) is 2.84. The SMILES string of the molecule is COC1=CC(=O)C(O)=C(CC2(C)C(C)CCC3(C)CCCCC32)C1=O. The number of hydrogen-bond donors (Lipinski definition) is 1. The molecule has 0 bridgehead atoms. The topological polar surface area (TPSA) is 63.6 Å². The van der Waals surface area contributed by atoms with Gasteiger partial charge in [-0.2, -0.15) is 0 Å². The van der Waals surface area contributed by atoms with Crippen molar-refractivity contribution in [2.45, 2.75) is 65.7 Å². The van der Waals surface area contributed by atoms with Gasteiger partial charge in [0.15, 0.2) is 11.5 Å². The van der Waals surface area contributed by atoms with Gasteiger partial charge in [0.25, 0.3) is 0 Å². The predicted octanol–water partition coefficient (Wildman–Crippen LogP) is 4.50. The van der Waals surface area contributed by atoms with Gasteiger partial charge in [-0.25, -0.2) is 0 Å². The molecule has 0 amide bonds. The minimum absolute atomic E-state index is 0.0382. The minimum atomic E-state index is -0.523. The Kier molecular flexibility index (Phi) is 4.59. The fourth-order valence-corrected chi connectivity index (χ4v) is 5.70. The van der Waals surface area contributed by atoms with E-state index in [2.05, 4.69) is 20.8 Å². The molecule has 3 aliphatic rings. The van der Waals surface area contributed by atoms with Crippen LogP contribution in [0.15, 0.2) is 23.2 Å². The first-order chi connectivity index (χ1) is 11.7. The van der Waals surface area contributed by atoms with Gasteiger partial charge in [0.2, 0.25) is 11.6 Å². The van der Waals surface area contributed by atoms with Crippen LogP contribution in [-0.2, 0) is 14.3 Å². The van der Waals surface area contributed by atoms with E-state index >= 15 is 0 Å². The van der Waals surface area contributed by atoms with Crippen LogP contribution in [0.5, 0.6) is 0 Å². The monoisotopic (exact) mass is 346 g/mol. The Balaban J connectivity index is 1.97. The van der Waals surface area contributed by atoms with Crippen molar-refractivity contribution >= 4 is 11.6 Å². The molecule has 138 valence electrons. The molecule has 4 atom stereocenters.